The minimum absolute atomic E-state index is 0.00398. The summed E-state index contributed by atoms with van der Waals surface area (Å²) in [5.74, 6) is 0.408. The molecule has 0 aliphatic rings. The maximum Gasteiger partial charge on any atom is 0.151 e. The summed E-state index contributed by atoms with van der Waals surface area (Å²) in [6.45, 7) is 5.13. The summed E-state index contributed by atoms with van der Waals surface area (Å²) < 4.78 is 24.5. The minimum atomic E-state index is -2.89. The molecule has 6 nitrogen and oxygen atoms in total. The molecule has 17 heavy (non-hydrogen) atoms. The molecule has 0 saturated heterocycles. The van der Waals surface area contributed by atoms with Crippen molar-refractivity contribution in [3.63, 3.8) is 0 Å². The Bertz CT molecular complexity index is 402. The van der Waals surface area contributed by atoms with E-state index in [1.165, 1.54) is 0 Å². The first-order valence-electron chi connectivity index (χ1n) is 5.81. The Balaban J connectivity index is 2.14. The van der Waals surface area contributed by atoms with Gasteiger partial charge in [-0.05, 0) is 19.9 Å². The zero-order chi connectivity index (χ0) is 12.7. The molecule has 1 unspecified atom stereocenters. The first-order valence-corrected chi connectivity index (χ1v) is 7.63. The number of hydrogen-bond acceptors (Lipinski definition) is 5. The van der Waals surface area contributed by atoms with Crippen molar-refractivity contribution in [3.8, 4) is 0 Å². The molecule has 0 fully saturated rings. The molecular weight excluding hydrogens is 240 g/mol. The van der Waals surface area contributed by atoms with Gasteiger partial charge in [0.15, 0.2) is 9.84 Å². The third-order valence-corrected chi connectivity index (χ3v) is 4.36. The van der Waals surface area contributed by atoms with Crippen molar-refractivity contribution in [2.45, 2.75) is 32.9 Å². The quantitative estimate of drug-likeness (QED) is 0.670. The fourth-order valence-electron chi connectivity index (χ4n) is 1.50. The van der Waals surface area contributed by atoms with Gasteiger partial charge in [0.1, 0.15) is 0 Å². The normalized spacial score (nSPS) is 13.8. The Labute approximate surface area is 102 Å². The molecule has 1 aromatic heterocycles. The van der Waals surface area contributed by atoms with E-state index in [-0.39, 0.29) is 17.5 Å². The Morgan fingerprint density at radius 1 is 1.47 bits per heavy atom. The molecule has 0 spiro atoms. The van der Waals surface area contributed by atoms with Crippen LogP contribution in [0, 0.1) is 0 Å². The summed E-state index contributed by atoms with van der Waals surface area (Å²) in [6.07, 6.45) is 4.36. The zero-order valence-corrected chi connectivity index (χ0v) is 11.2. The van der Waals surface area contributed by atoms with Gasteiger partial charge in [-0.1, -0.05) is 12.1 Å². The number of aromatic nitrogens is 3. The van der Waals surface area contributed by atoms with Crippen LogP contribution in [0.4, 0.5) is 0 Å². The average molecular weight is 260 g/mol. The summed E-state index contributed by atoms with van der Waals surface area (Å²) in [7, 11) is -2.89. The van der Waals surface area contributed by atoms with Crippen LogP contribution in [0.1, 0.15) is 20.3 Å². The number of nitrogens with zero attached hydrogens (tertiary/aromatic N) is 3. The maximum atomic E-state index is 11.4. The highest BCUT2D eigenvalue weighted by Gasteiger charge is 2.12. The zero-order valence-electron chi connectivity index (χ0n) is 10.3. The van der Waals surface area contributed by atoms with Gasteiger partial charge in [0, 0.05) is 24.5 Å². The predicted octanol–water partition coefficient (Wildman–Crippen LogP) is 0.0810. The van der Waals surface area contributed by atoms with Crippen LogP contribution in [0.3, 0.4) is 0 Å². The summed E-state index contributed by atoms with van der Waals surface area (Å²) in [5.41, 5.74) is 0. The highest BCUT2D eigenvalue weighted by Crippen LogP contribution is 1.95. The fraction of sp³-hybridized carbons (Fsp3) is 0.800. The second-order valence-corrected chi connectivity index (χ2v) is 6.47. The van der Waals surface area contributed by atoms with Crippen LogP contribution in [0.2, 0.25) is 0 Å². The molecule has 1 atom stereocenters. The van der Waals surface area contributed by atoms with Crippen LogP contribution in [0.15, 0.2) is 12.4 Å². The molecule has 1 heterocycles. The first kappa shape index (κ1) is 14.1. The standard InChI is InChI=1S/C10H20N4O2S/c1-3-17(15,16)9-10(2)11-5-4-7-14-8-6-12-13-14/h6,8,10-11H,3-5,7,9H2,1-2H3. The average Bonchev–Trinajstić information content (AvgIpc) is 2.77. The Kier molecular flexibility index (Phi) is 5.57. The molecule has 0 amide bonds. The molecule has 1 N–H and O–H groups in total. The molecular formula is C10H20N4O2S. The van der Waals surface area contributed by atoms with E-state index in [4.69, 9.17) is 0 Å². The Morgan fingerprint density at radius 2 is 2.24 bits per heavy atom. The van der Waals surface area contributed by atoms with Gasteiger partial charge in [0.25, 0.3) is 0 Å². The summed E-state index contributed by atoms with van der Waals surface area (Å²) >= 11 is 0. The van der Waals surface area contributed by atoms with Gasteiger partial charge < -0.3 is 5.32 Å². The van der Waals surface area contributed by atoms with Crippen LogP contribution < -0.4 is 5.32 Å². The number of aryl methyl sites for hydroxylation is 1. The highest BCUT2D eigenvalue weighted by molar-refractivity contribution is 7.91. The van der Waals surface area contributed by atoms with Crippen LogP contribution in [0.5, 0.6) is 0 Å². The molecule has 0 bridgehead atoms. The van der Waals surface area contributed by atoms with Gasteiger partial charge in [-0.15, -0.1) is 5.10 Å². The van der Waals surface area contributed by atoms with Crippen molar-refractivity contribution in [2.75, 3.05) is 18.1 Å². The lowest BCUT2D eigenvalue weighted by molar-refractivity contribution is 0.502. The monoisotopic (exact) mass is 260 g/mol. The van der Waals surface area contributed by atoms with E-state index in [1.807, 2.05) is 13.1 Å². The van der Waals surface area contributed by atoms with E-state index in [2.05, 4.69) is 15.6 Å². The van der Waals surface area contributed by atoms with Gasteiger partial charge in [-0.3, -0.25) is 4.68 Å². The molecule has 7 heteroatoms. The predicted molar refractivity (Wildman–Crippen MR) is 66.4 cm³/mol. The number of nitrogens with one attached hydrogen (secondary N) is 1. The molecule has 1 rings (SSSR count). The van der Waals surface area contributed by atoms with Crippen molar-refractivity contribution in [3.05, 3.63) is 12.4 Å². The molecule has 0 radical (unpaired) electrons. The third kappa shape index (κ3) is 5.78. The van der Waals surface area contributed by atoms with Crippen LogP contribution in [0.25, 0.3) is 0 Å². The minimum Gasteiger partial charge on any atom is -0.313 e. The first-order chi connectivity index (χ1) is 8.03. The summed E-state index contributed by atoms with van der Waals surface area (Å²) in [6, 6.07) is -0.00398. The van der Waals surface area contributed by atoms with E-state index < -0.39 is 9.84 Å². The maximum absolute atomic E-state index is 11.4. The SMILES string of the molecule is CCS(=O)(=O)CC(C)NCCCn1ccnn1. The Hall–Kier alpha value is -0.950. The highest BCUT2D eigenvalue weighted by atomic mass is 32.2. The van der Waals surface area contributed by atoms with Crippen molar-refractivity contribution in [2.24, 2.45) is 0 Å². The smallest absolute Gasteiger partial charge is 0.151 e. The Morgan fingerprint density at radius 3 is 2.82 bits per heavy atom. The summed E-state index contributed by atoms with van der Waals surface area (Å²) in [5, 5.41) is 10.8. The van der Waals surface area contributed by atoms with Gasteiger partial charge in [-0.2, -0.15) is 0 Å². The lowest BCUT2D eigenvalue weighted by atomic mass is 10.3. The van der Waals surface area contributed by atoms with Crippen LogP contribution in [-0.4, -0.2) is 47.5 Å². The van der Waals surface area contributed by atoms with E-state index in [9.17, 15) is 8.42 Å². The van der Waals surface area contributed by atoms with Gasteiger partial charge >= 0.3 is 0 Å². The number of hydrogen-bond donors (Lipinski definition) is 1. The van der Waals surface area contributed by atoms with Gasteiger partial charge in [-0.25, -0.2) is 8.42 Å². The van der Waals surface area contributed by atoms with E-state index in [1.54, 1.807) is 17.8 Å². The van der Waals surface area contributed by atoms with Crippen LogP contribution >= 0.6 is 0 Å². The number of sulfone groups is 1. The van der Waals surface area contributed by atoms with Gasteiger partial charge in [0.2, 0.25) is 0 Å². The lowest BCUT2D eigenvalue weighted by Crippen LogP contribution is -2.34. The fourth-order valence-corrected chi connectivity index (χ4v) is 2.61. The topological polar surface area (TPSA) is 76.9 Å². The molecule has 0 saturated carbocycles. The molecule has 0 aromatic carbocycles. The second kappa shape index (κ2) is 6.70. The van der Waals surface area contributed by atoms with Gasteiger partial charge in [0.05, 0.1) is 11.9 Å². The van der Waals surface area contributed by atoms with Crippen LogP contribution in [-0.2, 0) is 16.4 Å². The lowest BCUT2D eigenvalue weighted by Gasteiger charge is -2.13. The van der Waals surface area contributed by atoms with Crippen molar-refractivity contribution in [1.29, 1.82) is 0 Å². The second-order valence-electron chi connectivity index (χ2n) is 4.07. The van der Waals surface area contributed by atoms with Crippen molar-refractivity contribution in [1.82, 2.24) is 20.3 Å². The van der Waals surface area contributed by atoms with E-state index >= 15 is 0 Å². The van der Waals surface area contributed by atoms with E-state index in [0.29, 0.717) is 0 Å². The third-order valence-electron chi connectivity index (χ3n) is 2.47. The van der Waals surface area contributed by atoms with Crippen molar-refractivity contribution >= 4 is 9.84 Å². The summed E-state index contributed by atoms with van der Waals surface area (Å²) in [4.78, 5) is 0. The number of rotatable bonds is 8. The van der Waals surface area contributed by atoms with Crippen molar-refractivity contribution < 1.29 is 8.42 Å². The largest absolute Gasteiger partial charge is 0.313 e. The molecule has 0 aliphatic carbocycles. The van der Waals surface area contributed by atoms with E-state index in [0.717, 1.165) is 19.5 Å². The molecule has 1 aromatic rings. The molecule has 0 aliphatic heterocycles. The molecule has 98 valence electrons.